The van der Waals surface area contributed by atoms with Gasteiger partial charge in [-0.2, -0.15) is 0 Å². The van der Waals surface area contributed by atoms with E-state index in [0.717, 1.165) is 6.54 Å². The highest BCUT2D eigenvalue weighted by atomic mass is 28.4. The average molecular weight is 478 g/mol. The van der Waals surface area contributed by atoms with Crippen LogP contribution in [0.15, 0.2) is 121 Å². The first kappa shape index (κ1) is 23.7. The zero-order chi connectivity index (χ0) is 24.5. The largest absolute Gasteiger partial charge is 0.401 e. The van der Waals surface area contributed by atoms with Crippen LogP contribution in [0.2, 0.25) is 5.04 Å². The standard InChI is InChI=1S/C32H35NOSi/c1-31(2,3)35(28-21-13-7-14-22-28,29-23-15-8-16-24-29)34-30-25-33(4)32(30,26-17-9-5-10-18-26)27-19-11-6-12-20-27/h5-24,30H,25H2,1-4H3. The lowest BCUT2D eigenvalue weighted by Crippen LogP contribution is -2.75. The lowest BCUT2D eigenvalue weighted by Gasteiger charge is -2.60. The van der Waals surface area contributed by atoms with Gasteiger partial charge in [0.1, 0.15) is 0 Å². The van der Waals surface area contributed by atoms with Crippen LogP contribution in [0.1, 0.15) is 31.9 Å². The van der Waals surface area contributed by atoms with E-state index in [-0.39, 0.29) is 16.7 Å². The lowest BCUT2D eigenvalue weighted by molar-refractivity contribution is -0.0935. The van der Waals surface area contributed by atoms with Gasteiger partial charge in [-0.15, -0.1) is 0 Å². The van der Waals surface area contributed by atoms with Crippen molar-refractivity contribution in [1.29, 1.82) is 0 Å². The number of likely N-dealkylation sites (N-methyl/N-ethyl adjacent to an activating group) is 1. The molecular weight excluding hydrogens is 442 g/mol. The predicted molar refractivity (Wildman–Crippen MR) is 149 cm³/mol. The summed E-state index contributed by atoms with van der Waals surface area (Å²) in [5.74, 6) is 0. The van der Waals surface area contributed by atoms with Gasteiger partial charge in [0.15, 0.2) is 0 Å². The zero-order valence-electron chi connectivity index (χ0n) is 21.2. The van der Waals surface area contributed by atoms with E-state index in [1.54, 1.807) is 0 Å². The molecule has 0 bridgehead atoms. The molecule has 0 amide bonds. The molecule has 0 spiro atoms. The van der Waals surface area contributed by atoms with Crippen LogP contribution in [0.4, 0.5) is 0 Å². The van der Waals surface area contributed by atoms with E-state index in [2.05, 4.69) is 154 Å². The van der Waals surface area contributed by atoms with Crippen molar-refractivity contribution in [3.8, 4) is 0 Å². The van der Waals surface area contributed by atoms with Gasteiger partial charge in [0.05, 0.1) is 11.6 Å². The van der Waals surface area contributed by atoms with Crippen LogP contribution in [0.25, 0.3) is 0 Å². The summed E-state index contributed by atoms with van der Waals surface area (Å²) in [4.78, 5) is 2.46. The first-order valence-electron chi connectivity index (χ1n) is 12.5. The minimum Gasteiger partial charge on any atom is -0.401 e. The molecule has 1 aliphatic rings. The Morgan fingerprint density at radius 3 is 1.37 bits per heavy atom. The quantitative estimate of drug-likeness (QED) is 0.324. The van der Waals surface area contributed by atoms with Crippen molar-refractivity contribution < 1.29 is 4.43 Å². The van der Waals surface area contributed by atoms with Crippen LogP contribution in [-0.2, 0) is 9.96 Å². The summed E-state index contributed by atoms with van der Waals surface area (Å²) >= 11 is 0. The Bertz CT molecular complexity index is 1160. The van der Waals surface area contributed by atoms with Gasteiger partial charge in [-0.05, 0) is 33.6 Å². The van der Waals surface area contributed by atoms with Gasteiger partial charge < -0.3 is 4.43 Å². The first-order chi connectivity index (χ1) is 16.9. The number of hydrogen-bond acceptors (Lipinski definition) is 2. The number of likely N-dealkylation sites (tertiary alicyclic amines) is 1. The molecule has 2 nitrogen and oxygen atoms in total. The van der Waals surface area contributed by atoms with E-state index < -0.39 is 8.32 Å². The molecule has 1 fully saturated rings. The third kappa shape index (κ3) is 3.79. The van der Waals surface area contributed by atoms with Gasteiger partial charge in [-0.25, -0.2) is 0 Å². The second kappa shape index (κ2) is 9.23. The van der Waals surface area contributed by atoms with E-state index in [0.29, 0.717) is 0 Å². The average Bonchev–Trinajstić information content (AvgIpc) is 2.88. The number of rotatable bonds is 6. The number of benzene rings is 4. The van der Waals surface area contributed by atoms with Gasteiger partial charge >= 0.3 is 0 Å². The molecule has 1 unspecified atom stereocenters. The summed E-state index contributed by atoms with van der Waals surface area (Å²) in [6.07, 6.45) is 0.0172. The Balaban J connectivity index is 1.73. The van der Waals surface area contributed by atoms with Crippen LogP contribution >= 0.6 is 0 Å². The molecule has 0 N–H and O–H groups in total. The van der Waals surface area contributed by atoms with Gasteiger partial charge in [-0.1, -0.05) is 142 Å². The summed E-state index contributed by atoms with van der Waals surface area (Å²) in [6, 6.07) is 43.7. The molecule has 1 aliphatic heterocycles. The number of nitrogens with zero attached hydrogens (tertiary/aromatic N) is 1. The van der Waals surface area contributed by atoms with Crippen LogP contribution in [0.3, 0.4) is 0 Å². The smallest absolute Gasteiger partial charge is 0.261 e. The highest BCUT2D eigenvalue weighted by Crippen LogP contribution is 2.49. The molecule has 0 aromatic heterocycles. The summed E-state index contributed by atoms with van der Waals surface area (Å²) < 4.78 is 7.70. The van der Waals surface area contributed by atoms with Crippen LogP contribution in [-0.4, -0.2) is 32.9 Å². The van der Waals surface area contributed by atoms with Crippen LogP contribution in [0.5, 0.6) is 0 Å². The second-order valence-corrected chi connectivity index (χ2v) is 14.9. The maximum absolute atomic E-state index is 7.70. The minimum absolute atomic E-state index is 0.0172. The van der Waals surface area contributed by atoms with Gasteiger partial charge in [0, 0.05) is 6.54 Å². The van der Waals surface area contributed by atoms with Crippen molar-refractivity contribution in [3.63, 3.8) is 0 Å². The summed E-state index contributed by atoms with van der Waals surface area (Å²) in [7, 11) is -0.466. The Morgan fingerprint density at radius 2 is 1.03 bits per heavy atom. The van der Waals surface area contributed by atoms with E-state index >= 15 is 0 Å². The van der Waals surface area contributed by atoms with E-state index in [9.17, 15) is 0 Å². The Kier molecular flexibility index (Phi) is 6.26. The molecule has 1 saturated heterocycles. The molecule has 3 heteroatoms. The maximum atomic E-state index is 7.70. The molecule has 0 aliphatic carbocycles. The van der Waals surface area contributed by atoms with Crippen molar-refractivity contribution in [2.75, 3.05) is 13.6 Å². The van der Waals surface area contributed by atoms with Crippen molar-refractivity contribution in [2.45, 2.75) is 37.5 Å². The predicted octanol–water partition coefficient (Wildman–Crippen LogP) is 5.82. The SMILES string of the molecule is CN1CC(O[Si](c2ccccc2)(c2ccccc2)C(C)(C)C)C1(c1ccccc1)c1ccccc1. The van der Waals surface area contributed by atoms with E-state index in [4.69, 9.17) is 4.43 Å². The third-order valence-corrected chi connectivity index (χ3v) is 12.7. The molecule has 178 valence electrons. The Hall–Kier alpha value is -2.98. The molecule has 0 saturated carbocycles. The van der Waals surface area contributed by atoms with Crippen molar-refractivity contribution in [3.05, 3.63) is 132 Å². The Labute approximate surface area is 211 Å². The second-order valence-electron chi connectivity index (χ2n) is 10.6. The summed E-state index contributed by atoms with van der Waals surface area (Å²) in [5, 5.41) is 2.58. The normalized spacial score (nSPS) is 18.1. The maximum Gasteiger partial charge on any atom is 0.261 e. The molecular formula is C32H35NOSi. The fourth-order valence-electron chi connectivity index (χ4n) is 6.05. The van der Waals surface area contributed by atoms with Crippen molar-refractivity contribution in [1.82, 2.24) is 4.90 Å². The van der Waals surface area contributed by atoms with E-state index in [1.807, 2.05) is 0 Å². The van der Waals surface area contributed by atoms with Crippen LogP contribution < -0.4 is 10.4 Å². The summed E-state index contributed by atoms with van der Waals surface area (Å²) in [6.45, 7) is 7.95. The molecule has 5 rings (SSSR count). The van der Waals surface area contributed by atoms with Crippen molar-refractivity contribution in [2.24, 2.45) is 0 Å². The molecule has 1 atom stereocenters. The fourth-order valence-corrected chi connectivity index (χ4v) is 10.7. The highest BCUT2D eigenvalue weighted by molar-refractivity contribution is 6.99. The van der Waals surface area contributed by atoms with E-state index in [1.165, 1.54) is 21.5 Å². The molecule has 35 heavy (non-hydrogen) atoms. The first-order valence-corrected chi connectivity index (χ1v) is 14.4. The summed E-state index contributed by atoms with van der Waals surface area (Å²) in [5.41, 5.74) is 2.22. The van der Waals surface area contributed by atoms with Gasteiger partial charge in [0.25, 0.3) is 8.32 Å². The van der Waals surface area contributed by atoms with Crippen molar-refractivity contribution >= 4 is 18.7 Å². The fraction of sp³-hybridized carbons (Fsp3) is 0.250. The van der Waals surface area contributed by atoms with Gasteiger partial charge in [0.2, 0.25) is 0 Å². The van der Waals surface area contributed by atoms with Gasteiger partial charge in [-0.3, -0.25) is 4.90 Å². The molecule has 0 radical (unpaired) electrons. The monoisotopic (exact) mass is 477 g/mol. The minimum atomic E-state index is -2.69. The topological polar surface area (TPSA) is 12.5 Å². The third-order valence-electron chi connectivity index (χ3n) is 7.67. The molecule has 4 aromatic carbocycles. The lowest BCUT2D eigenvalue weighted by atomic mass is 9.71. The Morgan fingerprint density at radius 1 is 0.657 bits per heavy atom. The molecule has 1 heterocycles. The number of hydrogen-bond donors (Lipinski definition) is 0. The zero-order valence-corrected chi connectivity index (χ0v) is 22.2. The highest BCUT2D eigenvalue weighted by Gasteiger charge is 2.60. The van der Waals surface area contributed by atoms with Crippen LogP contribution in [0, 0.1) is 0 Å². The molecule has 4 aromatic rings.